The van der Waals surface area contributed by atoms with Crippen LogP contribution in [0.25, 0.3) is 11.4 Å². The third-order valence-electron chi connectivity index (χ3n) is 2.80. The molecule has 0 radical (unpaired) electrons. The van der Waals surface area contributed by atoms with Crippen LogP contribution in [0, 0.1) is 21.7 Å². The van der Waals surface area contributed by atoms with Crippen LogP contribution in [0.5, 0.6) is 0 Å². The predicted molar refractivity (Wildman–Crippen MR) is 68.3 cm³/mol. The molecule has 2 N–H and O–H groups in total. The molecule has 0 bridgehead atoms. The Morgan fingerprint density at radius 1 is 1.33 bits per heavy atom. The molecule has 2 aromatic rings. The molecule has 1 aromatic heterocycles. The molecule has 7 nitrogen and oxygen atoms in total. The minimum atomic E-state index is -1.32. The SMILES string of the molecule is NCCCCc1nc(-c2c(F)ccc([N+](=O)[O-])c2F)no1. The van der Waals surface area contributed by atoms with E-state index in [1.54, 1.807) is 0 Å². The molecule has 9 heteroatoms. The van der Waals surface area contributed by atoms with Gasteiger partial charge in [0.15, 0.2) is 0 Å². The summed E-state index contributed by atoms with van der Waals surface area (Å²) in [5.74, 6) is -2.47. The lowest BCUT2D eigenvalue weighted by atomic mass is 10.1. The molecule has 112 valence electrons. The highest BCUT2D eigenvalue weighted by Gasteiger charge is 2.25. The zero-order valence-electron chi connectivity index (χ0n) is 10.9. The average molecular weight is 298 g/mol. The second kappa shape index (κ2) is 6.35. The fraction of sp³-hybridized carbons (Fsp3) is 0.333. The molecule has 0 amide bonds. The Kier molecular flexibility index (Phi) is 4.53. The Hall–Kier alpha value is -2.42. The van der Waals surface area contributed by atoms with E-state index < -0.39 is 27.8 Å². The molecule has 0 fully saturated rings. The summed E-state index contributed by atoms with van der Waals surface area (Å²) in [7, 11) is 0. The van der Waals surface area contributed by atoms with Gasteiger partial charge in [0.25, 0.3) is 0 Å². The number of nitro groups is 1. The van der Waals surface area contributed by atoms with Gasteiger partial charge in [0.05, 0.1) is 4.92 Å². The van der Waals surface area contributed by atoms with Gasteiger partial charge in [0.2, 0.25) is 17.5 Å². The lowest BCUT2D eigenvalue weighted by molar-refractivity contribution is -0.387. The van der Waals surface area contributed by atoms with Gasteiger partial charge in [-0.05, 0) is 25.5 Å². The van der Waals surface area contributed by atoms with Crippen LogP contribution in [-0.2, 0) is 6.42 Å². The van der Waals surface area contributed by atoms with Crippen molar-refractivity contribution in [2.24, 2.45) is 5.73 Å². The van der Waals surface area contributed by atoms with Gasteiger partial charge in [0, 0.05) is 12.5 Å². The molecule has 0 aliphatic rings. The third kappa shape index (κ3) is 3.19. The van der Waals surface area contributed by atoms with Gasteiger partial charge < -0.3 is 10.3 Å². The van der Waals surface area contributed by atoms with E-state index in [1.165, 1.54) is 0 Å². The lowest BCUT2D eigenvalue weighted by Gasteiger charge is -2.00. The zero-order chi connectivity index (χ0) is 15.4. The van der Waals surface area contributed by atoms with Crippen LogP contribution in [0.15, 0.2) is 16.7 Å². The fourth-order valence-corrected chi connectivity index (χ4v) is 1.77. The van der Waals surface area contributed by atoms with Crippen LogP contribution < -0.4 is 5.73 Å². The van der Waals surface area contributed by atoms with E-state index in [0.29, 0.717) is 19.4 Å². The van der Waals surface area contributed by atoms with Crippen LogP contribution in [0.2, 0.25) is 0 Å². The summed E-state index contributed by atoms with van der Waals surface area (Å²) >= 11 is 0. The normalized spacial score (nSPS) is 10.8. The van der Waals surface area contributed by atoms with Crippen molar-refractivity contribution in [2.45, 2.75) is 19.3 Å². The number of nitrogens with zero attached hydrogens (tertiary/aromatic N) is 3. The van der Waals surface area contributed by atoms with Crippen LogP contribution in [0.1, 0.15) is 18.7 Å². The van der Waals surface area contributed by atoms with Gasteiger partial charge in [-0.15, -0.1) is 0 Å². The van der Waals surface area contributed by atoms with Crippen molar-refractivity contribution >= 4 is 5.69 Å². The van der Waals surface area contributed by atoms with Crippen molar-refractivity contribution in [2.75, 3.05) is 6.54 Å². The summed E-state index contributed by atoms with van der Waals surface area (Å²) in [4.78, 5) is 13.6. The number of hydrogen-bond donors (Lipinski definition) is 1. The molecule has 21 heavy (non-hydrogen) atoms. The van der Waals surface area contributed by atoms with Crippen molar-refractivity contribution in [1.82, 2.24) is 10.1 Å². The Labute approximate surface area is 117 Å². The predicted octanol–water partition coefficient (Wildman–Crippen LogP) is 2.20. The molecular formula is C12H12F2N4O3. The first kappa shape index (κ1) is 15.0. The molecule has 0 atom stereocenters. The molecule has 0 unspecified atom stereocenters. The molecule has 0 aliphatic carbocycles. The van der Waals surface area contributed by atoms with Crippen molar-refractivity contribution in [1.29, 1.82) is 0 Å². The number of aryl methyl sites for hydroxylation is 1. The topological polar surface area (TPSA) is 108 Å². The number of nitro benzene ring substituents is 1. The van der Waals surface area contributed by atoms with Crippen LogP contribution in [0.4, 0.5) is 14.5 Å². The first-order chi connectivity index (χ1) is 10.0. The second-order valence-corrected chi connectivity index (χ2v) is 4.27. The van der Waals surface area contributed by atoms with Crippen LogP contribution in [0.3, 0.4) is 0 Å². The average Bonchev–Trinajstić information content (AvgIpc) is 2.87. The van der Waals surface area contributed by atoms with Gasteiger partial charge in [-0.25, -0.2) is 4.39 Å². The number of halogens is 2. The maximum absolute atomic E-state index is 14.0. The van der Waals surface area contributed by atoms with Gasteiger partial charge in [-0.2, -0.15) is 9.37 Å². The minimum absolute atomic E-state index is 0.198. The summed E-state index contributed by atoms with van der Waals surface area (Å²) in [6.45, 7) is 0.509. The molecular weight excluding hydrogens is 286 g/mol. The number of nitrogens with two attached hydrogens (primary N) is 1. The molecule has 0 spiro atoms. The largest absolute Gasteiger partial charge is 0.339 e. The highest BCUT2D eigenvalue weighted by molar-refractivity contribution is 5.61. The molecule has 0 saturated carbocycles. The molecule has 1 heterocycles. The van der Waals surface area contributed by atoms with Crippen molar-refractivity contribution in [3.63, 3.8) is 0 Å². The molecule has 0 aliphatic heterocycles. The van der Waals surface area contributed by atoms with Crippen LogP contribution in [-0.4, -0.2) is 21.6 Å². The number of benzene rings is 1. The highest BCUT2D eigenvalue weighted by atomic mass is 19.1. The zero-order valence-corrected chi connectivity index (χ0v) is 10.9. The van der Waals surface area contributed by atoms with Gasteiger partial charge in [0.1, 0.15) is 11.4 Å². The van der Waals surface area contributed by atoms with E-state index >= 15 is 0 Å². The van der Waals surface area contributed by atoms with Crippen molar-refractivity contribution in [3.05, 3.63) is 39.8 Å². The number of unbranched alkanes of at least 4 members (excludes halogenated alkanes) is 1. The van der Waals surface area contributed by atoms with E-state index in [0.717, 1.165) is 18.6 Å². The Balaban J connectivity index is 2.33. The Bertz CT molecular complexity index is 660. The standard InChI is InChI=1S/C12H12F2N4O3/c13-7-4-5-8(18(19)20)11(14)10(7)12-16-9(21-17-12)3-1-2-6-15/h4-5H,1-3,6,15H2. The summed E-state index contributed by atoms with van der Waals surface area (Å²) in [5.41, 5.74) is 3.83. The molecule has 2 rings (SSSR count). The highest BCUT2D eigenvalue weighted by Crippen LogP contribution is 2.30. The van der Waals surface area contributed by atoms with Gasteiger partial charge in [-0.3, -0.25) is 10.1 Å². The maximum atomic E-state index is 14.0. The fourth-order valence-electron chi connectivity index (χ4n) is 1.77. The second-order valence-electron chi connectivity index (χ2n) is 4.27. The van der Waals surface area contributed by atoms with Crippen LogP contribution >= 0.6 is 0 Å². The van der Waals surface area contributed by atoms with E-state index in [2.05, 4.69) is 10.1 Å². The quantitative estimate of drug-likeness (QED) is 0.497. The number of aromatic nitrogens is 2. The third-order valence-corrected chi connectivity index (χ3v) is 2.80. The summed E-state index contributed by atoms with van der Waals surface area (Å²) in [6, 6.07) is 1.54. The number of rotatable bonds is 6. The van der Waals surface area contributed by atoms with Crippen molar-refractivity contribution < 1.29 is 18.2 Å². The first-order valence-corrected chi connectivity index (χ1v) is 6.20. The Morgan fingerprint density at radius 2 is 2.10 bits per heavy atom. The summed E-state index contributed by atoms with van der Waals surface area (Å²) < 4.78 is 32.5. The summed E-state index contributed by atoms with van der Waals surface area (Å²) in [5, 5.41) is 14.1. The smallest absolute Gasteiger partial charge is 0.305 e. The first-order valence-electron chi connectivity index (χ1n) is 6.20. The number of hydrogen-bond acceptors (Lipinski definition) is 6. The molecule has 0 saturated heterocycles. The van der Waals surface area contributed by atoms with E-state index in [4.69, 9.17) is 10.3 Å². The van der Waals surface area contributed by atoms with Gasteiger partial charge in [-0.1, -0.05) is 5.16 Å². The van der Waals surface area contributed by atoms with E-state index in [1.807, 2.05) is 0 Å². The van der Waals surface area contributed by atoms with E-state index in [9.17, 15) is 18.9 Å². The monoisotopic (exact) mass is 298 g/mol. The maximum Gasteiger partial charge on any atom is 0.305 e. The lowest BCUT2D eigenvalue weighted by Crippen LogP contribution is -2.00. The summed E-state index contributed by atoms with van der Waals surface area (Å²) in [6.07, 6.45) is 1.86. The molecule has 1 aromatic carbocycles. The van der Waals surface area contributed by atoms with Crippen molar-refractivity contribution in [3.8, 4) is 11.4 Å². The van der Waals surface area contributed by atoms with E-state index in [-0.39, 0.29) is 11.7 Å². The Morgan fingerprint density at radius 3 is 2.76 bits per heavy atom. The minimum Gasteiger partial charge on any atom is -0.339 e. The van der Waals surface area contributed by atoms with Gasteiger partial charge >= 0.3 is 5.69 Å².